The van der Waals surface area contributed by atoms with Crippen molar-refractivity contribution < 1.29 is 0 Å². The summed E-state index contributed by atoms with van der Waals surface area (Å²) in [5, 5.41) is 11.2. The summed E-state index contributed by atoms with van der Waals surface area (Å²) in [6.45, 7) is 0. The summed E-state index contributed by atoms with van der Waals surface area (Å²) in [5.74, 6) is 0.703. The van der Waals surface area contributed by atoms with Crippen LogP contribution in [0.5, 0.6) is 0 Å². The van der Waals surface area contributed by atoms with Gasteiger partial charge in [-0.25, -0.2) is 15.0 Å². The van der Waals surface area contributed by atoms with E-state index in [9.17, 15) is 0 Å². The first kappa shape index (κ1) is 29.9. The van der Waals surface area contributed by atoms with Crippen LogP contribution in [0.25, 0.3) is 109 Å². The van der Waals surface area contributed by atoms with E-state index in [2.05, 4.69) is 158 Å². The Balaban J connectivity index is 1.08. The molecule has 3 nitrogen and oxygen atoms in total. The molecule has 0 saturated heterocycles. The Labute approximate surface area is 309 Å². The highest BCUT2D eigenvalue weighted by atomic mass is 32.1. The first-order chi connectivity index (χ1) is 26.3. The molecule has 53 heavy (non-hydrogen) atoms. The number of hydrogen-bond donors (Lipinski definition) is 0. The van der Waals surface area contributed by atoms with Crippen molar-refractivity contribution in [3.63, 3.8) is 0 Å². The fourth-order valence-electron chi connectivity index (χ4n) is 7.95. The van der Waals surface area contributed by atoms with Gasteiger partial charge in [0.1, 0.15) is 0 Å². The van der Waals surface area contributed by atoms with Gasteiger partial charge in [0.05, 0.1) is 27.3 Å². The van der Waals surface area contributed by atoms with Gasteiger partial charge in [-0.1, -0.05) is 152 Å². The Morgan fingerprint density at radius 3 is 1.58 bits per heavy atom. The van der Waals surface area contributed by atoms with Gasteiger partial charge in [-0.2, -0.15) is 0 Å². The van der Waals surface area contributed by atoms with E-state index in [-0.39, 0.29) is 0 Å². The van der Waals surface area contributed by atoms with E-state index in [1.807, 2.05) is 29.5 Å². The molecule has 0 aliphatic carbocycles. The molecule has 0 aliphatic heterocycles. The van der Waals surface area contributed by atoms with Gasteiger partial charge in [0.15, 0.2) is 5.82 Å². The number of para-hydroxylation sites is 1. The van der Waals surface area contributed by atoms with Crippen LogP contribution in [-0.2, 0) is 0 Å². The van der Waals surface area contributed by atoms with Gasteiger partial charge in [0, 0.05) is 43.1 Å². The molecular formula is C49H29N3S. The molecule has 0 atom stereocenters. The molecule has 3 heterocycles. The van der Waals surface area contributed by atoms with Crippen molar-refractivity contribution in [3.05, 3.63) is 176 Å². The van der Waals surface area contributed by atoms with Crippen molar-refractivity contribution in [3.8, 4) is 45.2 Å². The van der Waals surface area contributed by atoms with Gasteiger partial charge in [-0.15, -0.1) is 11.3 Å². The highest BCUT2D eigenvalue weighted by Gasteiger charge is 2.17. The highest BCUT2D eigenvalue weighted by molar-refractivity contribution is 7.26. The van der Waals surface area contributed by atoms with E-state index in [0.717, 1.165) is 44.9 Å². The van der Waals surface area contributed by atoms with Crippen LogP contribution in [0.4, 0.5) is 0 Å². The molecule has 0 N–H and O–H groups in total. The number of fused-ring (bicyclic) bond motifs is 11. The zero-order valence-corrected chi connectivity index (χ0v) is 29.3. The molecule has 246 valence electrons. The van der Waals surface area contributed by atoms with Crippen LogP contribution in [0.3, 0.4) is 0 Å². The molecular weight excluding hydrogens is 663 g/mol. The molecule has 0 aliphatic rings. The topological polar surface area (TPSA) is 38.7 Å². The molecule has 3 aromatic heterocycles. The fourth-order valence-corrected chi connectivity index (χ4v) is 9.18. The molecule has 0 amide bonds. The number of thiophene rings is 1. The monoisotopic (exact) mass is 691 g/mol. The van der Waals surface area contributed by atoms with Crippen molar-refractivity contribution in [1.82, 2.24) is 15.0 Å². The molecule has 0 unspecified atom stereocenters. The molecule has 0 radical (unpaired) electrons. The molecule has 0 bridgehead atoms. The maximum atomic E-state index is 5.23. The van der Waals surface area contributed by atoms with Crippen LogP contribution in [0, 0.1) is 0 Å². The molecule has 0 saturated carbocycles. The van der Waals surface area contributed by atoms with E-state index in [0.29, 0.717) is 5.82 Å². The van der Waals surface area contributed by atoms with E-state index < -0.39 is 0 Å². The predicted molar refractivity (Wildman–Crippen MR) is 224 cm³/mol. The SMILES string of the molecule is c1ccc(-c2nc(-c3ccc(-c4nc5ccccc5c5c4sc4ccccc45)cc3)cc(-c3ccc4c5ccccc5c5ccccc5c4c3)n2)cc1. The number of aromatic nitrogens is 3. The second-order valence-corrected chi connectivity index (χ2v) is 14.6. The van der Waals surface area contributed by atoms with Crippen molar-refractivity contribution in [2.24, 2.45) is 0 Å². The van der Waals surface area contributed by atoms with Gasteiger partial charge < -0.3 is 0 Å². The average Bonchev–Trinajstić information content (AvgIpc) is 3.64. The Morgan fingerprint density at radius 1 is 0.340 bits per heavy atom. The van der Waals surface area contributed by atoms with E-state index in [4.69, 9.17) is 15.0 Å². The number of rotatable bonds is 4. The largest absolute Gasteiger partial charge is 0.246 e. The number of nitrogens with zero attached hydrogens (tertiary/aromatic N) is 3. The van der Waals surface area contributed by atoms with E-state index in [1.54, 1.807) is 0 Å². The van der Waals surface area contributed by atoms with Crippen LogP contribution in [0.1, 0.15) is 0 Å². The summed E-state index contributed by atoms with van der Waals surface area (Å²) in [7, 11) is 0. The Hall–Kier alpha value is -6.75. The lowest BCUT2D eigenvalue weighted by Gasteiger charge is -2.13. The van der Waals surface area contributed by atoms with Gasteiger partial charge in [0.2, 0.25) is 0 Å². The minimum atomic E-state index is 0.703. The van der Waals surface area contributed by atoms with Crippen molar-refractivity contribution in [1.29, 1.82) is 0 Å². The summed E-state index contributed by atoms with van der Waals surface area (Å²) < 4.78 is 2.49. The summed E-state index contributed by atoms with van der Waals surface area (Å²) >= 11 is 1.82. The lowest BCUT2D eigenvalue weighted by molar-refractivity contribution is 1.18. The van der Waals surface area contributed by atoms with Gasteiger partial charge in [0.25, 0.3) is 0 Å². The van der Waals surface area contributed by atoms with Gasteiger partial charge in [-0.05, 0) is 56.6 Å². The standard InChI is InChI=1S/C49H29N3S/c1-2-12-32(13-3-1)49-51-43(29-44(52-49)33-26-27-38-36-16-5-4-14-34(36)35-15-6-7-17-37(35)41(38)28-33)30-22-24-31(25-23-30)47-48-46(39-18-8-10-20-42(39)50-47)40-19-9-11-21-45(40)53-48/h1-29H. The third-order valence-corrected chi connectivity index (χ3v) is 11.6. The first-order valence-electron chi connectivity index (χ1n) is 17.9. The summed E-state index contributed by atoms with van der Waals surface area (Å²) in [6.07, 6.45) is 0. The zero-order valence-electron chi connectivity index (χ0n) is 28.5. The molecule has 0 spiro atoms. The zero-order chi connectivity index (χ0) is 34.9. The van der Waals surface area contributed by atoms with Crippen molar-refractivity contribution >= 4 is 74.7 Å². The quantitative estimate of drug-likeness (QED) is 0.172. The Bertz CT molecular complexity index is 3180. The number of hydrogen-bond acceptors (Lipinski definition) is 4. The molecule has 8 aromatic carbocycles. The first-order valence-corrected chi connectivity index (χ1v) is 18.7. The van der Waals surface area contributed by atoms with E-state index >= 15 is 0 Å². The second-order valence-electron chi connectivity index (χ2n) is 13.5. The van der Waals surface area contributed by atoms with Gasteiger partial charge in [-0.3, -0.25) is 0 Å². The molecule has 4 heteroatoms. The molecule has 11 rings (SSSR count). The normalized spacial score (nSPS) is 11.8. The third-order valence-electron chi connectivity index (χ3n) is 10.5. The smallest absolute Gasteiger partial charge is 0.160 e. The maximum Gasteiger partial charge on any atom is 0.160 e. The minimum Gasteiger partial charge on any atom is -0.246 e. The van der Waals surface area contributed by atoms with Gasteiger partial charge >= 0.3 is 0 Å². The van der Waals surface area contributed by atoms with Crippen LogP contribution in [0.15, 0.2) is 176 Å². The van der Waals surface area contributed by atoms with Crippen LogP contribution in [-0.4, -0.2) is 15.0 Å². The summed E-state index contributed by atoms with van der Waals surface area (Å²) in [6, 6.07) is 62.4. The second kappa shape index (κ2) is 11.9. The van der Waals surface area contributed by atoms with Crippen molar-refractivity contribution in [2.75, 3.05) is 0 Å². The van der Waals surface area contributed by atoms with Crippen molar-refractivity contribution in [2.45, 2.75) is 0 Å². The van der Waals surface area contributed by atoms with Crippen LogP contribution in [0.2, 0.25) is 0 Å². The summed E-state index contributed by atoms with van der Waals surface area (Å²) in [5.41, 5.74) is 7.94. The van der Waals surface area contributed by atoms with E-state index in [1.165, 1.54) is 57.9 Å². The van der Waals surface area contributed by atoms with Crippen LogP contribution < -0.4 is 0 Å². The molecule has 0 fully saturated rings. The predicted octanol–water partition coefficient (Wildman–Crippen LogP) is 13.5. The highest BCUT2D eigenvalue weighted by Crippen LogP contribution is 2.43. The fraction of sp³-hybridized carbons (Fsp3) is 0. The average molecular weight is 692 g/mol. The molecule has 11 aromatic rings. The third kappa shape index (κ3) is 4.84. The minimum absolute atomic E-state index is 0.703. The Kier molecular flexibility index (Phi) is 6.73. The lowest BCUT2D eigenvalue weighted by atomic mass is 9.92. The number of benzene rings is 8. The lowest BCUT2D eigenvalue weighted by Crippen LogP contribution is -1.96. The Morgan fingerprint density at radius 2 is 0.868 bits per heavy atom. The maximum absolute atomic E-state index is 5.23. The van der Waals surface area contributed by atoms with Crippen LogP contribution >= 0.6 is 11.3 Å². The summed E-state index contributed by atoms with van der Waals surface area (Å²) in [4.78, 5) is 15.6. The number of pyridine rings is 1.